The van der Waals surface area contributed by atoms with Gasteiger partial charge in [-0.05, 0) is 27.3 Å². The molecule has 1 N–H and O–H groups in total. The van der Waals surface area contributed by atoms with Gasteiger partial charge >= 0.3 is 0 Å². The smallest absolute Gasteiger partial charge is 0.0562 e. The van der Waals surface area contributed by atoms with Gasteiger partial charge in [0.1, 0.15) is 0 Å². The van der Waals surface area contributed by atoms with Crippen LogP contribution in [0.5, 0.6) is 0 Å². The first kappa shape index (κ1) is 12.0. The van der Waals surface area contributed by atoms with Crippen molar-refractivity contribution in [2.45, 2.75) is 40.3 Å². The van der Waals surface area contributed by atoms with Crippen LogP contribution in [0.25, 0.3) is 6.08 Å². The van der Waals surface area contributed by atoms with Crippen LogP contribution in [0.1, 0.15) is 33.3 Å². The second-order valence-corrected chi connectivity index (χ2v) is 3.80. The van der Waals surface area contributed by atoms with Crippen LogP contribution in [0.2, 0.25) is 0 Å². The lowest BCUT2D eigenvalue weighted by atomic mass is 10.1. The van der Waals surface area contributed by atoms with E-state index in [2.05, 4.69) is 50.4 Å². The molecule has 0 aliphatic heterocycles. The van der Waals surface area contributed by atoms with Crippen LogP contribution < -0.4 is 5.32 Å². The molecule has 1 aromatic heterocycles. The Bertz CT molecular complexity index is 325. The summed E-state index contributed by atoms with van der Waals surface area (Å²) < 4.78 is 1.94. The second-order valence-electron chi connectivity index (χ2n) is 3.80. The summed E-state index contributed by atoms with van der Waals surface area (Å²) in [6.07, 6.45) is 6.17. The van der Waals surface area contributed by atoms with Crippen LogP contribution >= 0.6 is 0 Å². The Hall–Kier alpha value is -1.09. The Morgan fingerprint density at radius 3 is 2.87 bits per heavy atom. The second kappa shape index (κ2) is 5.71. The molecule has 0 aromatic carbocycles. The standard InChI is InChI=1S/C12H21N3/c1-5-13-11(4)10(3)7-12-8-14-15(6-2)9-12/h7-9,11,13H,5-6H2,1-4H3. The zero-order chi connectivity index (χ0) is 11.3. The molecule has 0 bridgehead atoms. The van der Waals surface area contributed by atoms with Gasteiger partial charge in [-0.25, -0.2) is 0 Å². The fourth-order valence-electron chi connectivity index (χ4n) is 1.48. The van der Waals surface area contributed by atoms with Crippen LogP contribution in [0, 0.1) is 0 Å². The molecular formula is C12H21N3. The molecule has 0 saturated carbocycles. The summed E-state index contributed by atoms with van der Waals surface area (Å²) in [5.41, 5.74) is 2.52. The lowest BCUT2D eigenvalue weighted by Gasteiger charge is -2.12. The van der Waals surface area contributed by atoms with Gasteiger partial charge in [-0.15, -0.1) is 0 Å². The third kappa shape index (κ3) is 3.51. The highest BCUT2D eigenvalue weighted by Crippen LogP contribution is 2.08. The SMILES string of the molecule is CCNC(C)C(C)=Cc1cnn(CC)c1. The van der Waals surface area contributed by atoms with E-state index in [9.17, 15) is 0 Å². The number of rotatable bonds is 5. The molecule has 3 nitrogen and oxygen atoms in total. The minimum absolute atomic E-state index is 0.431. The highest BCUT2D eigenvalue weighted by atomic mass is 15.3. The molecule has 1 heterocycles. The normalized spacial score (nSPS) is 14.3. The van der Waals surface area contributed by atoms with Crippen molar-refractivity contribution >= 4 is 6.08 Å². The Balaban J connectivity index is 2.68. The first-order valence-electron chi connectivity index (χ1n) is 5.61. The lowest BCUT2D eigenvalue weighted by Crippen LogP contribution is -2.26. The summed E-state index contributed by atoms with van der Waals surface area (Å²) in [6.45, 7) is 10.5. The average molecular weight is 207 g/mol. The maximum atomic E-state index is 4.24. The molecule has 15 heavy (non-hydrogen) atoms. The van der Waals surface area contributed by atoms with Gasteiger partial charge in [-0.3, -0.25) is 4.68 Å². The van der Waals surface area contributed by atoms with Crippen LogP contribution in [-0.2, 0) is 6.54 Å². The van der Waals surface area contributed by atoms with E-state index in [1.807, 2.05) is 10.9 Å². The van der Waals surface area contributed by atoms with Crippen LogP contribution in [-0.4, -0.2) is 22.4 Å². The number of likely N-dealkylation sites (N-methyl/N-ethyl adjacent to an activating group) is 1. The van der Waals surface area contributed by atoms with E-state index in [1.165, 1.54) is 11.1 Å². The van der Waals surface area contributed by atoms with E-state index in [0.29, 0.717) is 6.04 Å². The predicted octanol–water partition coefficient (Wildman–Crippen LogP) is 2.30. The zero-order valence-electron chi connectivity index (χ0n) is 10.1. The van der Waals surface area contributed by atoms with Gasteiger partial charge in [-0.2, -0.15) is 5.10 Å². The van der Waals surface area contributed by atoms with Crippen molar-refractivity contribution in [1.29, 1.82) is 0 Å². The Labute approximate surface area is 92.2 Å². The van der Waals surface area contributed by atoms with Crippen LogP contribution in [0.4, 0.5) is 0 Å². The third-order valence-electron chi connectivity index (χ3n) is 2.56. The fourth-order valence-corrected chi connectivity index (χ4v) is 1.48. The van der Waals surface area contributed by atoms with Gasteiger partial charge in [-0.1, -0.05) is 18.6 Å². The summed E-state index contributed by atoms with van der Waals surface area (Å²) in [4.78, 5) is 0. The molecule has 1 rings (SSSR count). The summed E-state index contributed by atoms with van der Waals surface area (Å²) in [7, 11) is 0. The van der Waals surface area contributed by atoms with Crippen molar-refractivity contribution in [1.82, 2.24) is 15.1 Å². The number of aryl methyl sites for hydroxylation is 1. The summed E-state index contributed by atoms with van der Waals surface area (Å²) in [6, 6.07) is 0.431. The molecule has 84 valence electrons. The van der Waals surface area contributed by atoms with Crippen molar-refractivity contribution < 1.29 is 0 Å². The zero-order valence-corrected chi connectivity index (χ0v) is 10.1. The van der Waals surface area contributed by atoms with Crippen molar-refractivity contribution in [3.8, 4) is 0 Å². The van der Waals surface area contributed by atoms with Gasteiger partial charge in [0, 0.05) is 24.3 Å². The van der Waals surface area contributed by atoms with E-state index in [1.54, 1.807) is 0 Å². The van der Waals surface area contributed by atoms with E-state index < -0.39 is 0 Å². The molecular weight excluding hydrogens is 186 g/mol. The first-order valence-corrected chi connectivity index (χ1v) is 5.61. The maximum absolute atomic E-state index is 4.24. The van der Waals surface area contributed by atoms with Crippen LogP contribution in [0.3, 0.4) is 0 Å². The first-order chi connectivity index (χ1) is 7.17. The minimum atomic E-state index is 0.431. The van der Waals surface area contributed by atoms with E-state index in [-0.39, 0.29) is 0 Å². The van der Waals surface area contributed by atoms with Gasteiger partial charge in [0.15, 0.2) is 0 Å². The highest BCUT2D eigenvalue weighted by Gasteiger charge is 2.02. The van der Waals surface area contributed by atoms with E-state index >= 15 is 0 Å². The molecule has 3 heteroatoms. The molecule has 0 fully saturated rings. The van der Waals surface area contributed by atoms with Gasteiger partial charge in [0.2, 0.25) is 0 Å². The highest BCUT2D eigenvalue weighted by molar-refractivity contribution is 5.51. The Morgan fingerprint density at radius 1 is 1.60 bits per heavy atom. The van der Waals surface area contributed by atoms with Crippen LogP contribution in [0.15, 0.2) is 18.0 Å². The molecule has 1 unspecified atom stereocenters. The molecule has 0 amide bonds. The number of nitrogens with one attached hydrogen (secondary N) is 1. The molecule has 1 atom stereocenters. The number of nitrogens with zero attached hydrogens (tertiary/aromatic N) is 2. The molecule has 0 radical (unpaired) electrons. The largest absolute Gasteiger partial charge is 0.311 e. The molecule has 0 aliphatic rings. The third-order valence-corrected chi connectivity index (χ3v) is 2.56. The topological polar surface area (TPSA) is 29.9 Å². The Morgan fingerprint density at radius 2 is 2.33 bits per heavy atom. The quantitative estimate of drug-likeness (QED) is 0.803. The lowest BCUT2D eigenvalue weighted by molar-refractivity contribution is 0.636. The average Bonchev–Trinajstić information content (AvgIpc) is 2.66. The van der Waals surface area contributed by atoms with Crippen molar-refractivity contribution in [3.63, 3.8) is 0 Å². The van der Waals surface area contributed by atoms with Gasteiger partial charge in [0.25, 0.3) is 0 Å². The van der Waals surface area contributed by atoms with E-state index in [4.69, 9.17) is 0 Å². The summed E-state index contributed by atoms with van der Waals surface area (Å²) in [5.74, 6) is 0. The molecule has 0 saturated heterocycles. The van der Waals surface area contributed by atoms with E-state index in [0.717, 1.165) is 13.1 Å². The molecule has 0 spiro atoms. The van der Waals surface area contributed by atoms with Crippen molar-refractivity contribution in [3.05, 3.63) is 23.5 Å². The maximum Gasteiger partial charge on any atom is 0.0562 e. The fraction of sp³-hybridized carbons (Fsp3) is 0.583. The van der Waals surface area contributed by atoms with Crippen molar-refractivity contribution in [2.24, 2.45) is 0 Å². The predicted molar refractivity (Wildman–Crippen MR) is 64.7 cm³/mol. The molecule has 1 aromatic rings. The molecule has 0 aliphatic carbocycles. The minimum Gasteiger partial charge on any atom is -0.311 e. The number of hydrogen-bond donors (Lipinski definition) is 1. The number of aromatic nitrogens is 2. The van der Waals surface area contributed by atoms with Gasteiger partial charge < -0.3 is 5.32 Å². The summed E-state index contributed by atoms with van der Waals surface area (Å²) >= 11 is 0. The van der Waals surface area contributed by atoms with Crippen molar-refractivity contribution in [2.75, 3.05) is 6.54 Å². The number of hydrogen-bond acceptors (Lipinski definition) is 2. The monoisotopic (exact) mass is 207 g/mol. The summed E-state index contributed by atoms with van der Waals surface area (Å²) in [5, 5.41) is 7.64. The Kier molecular flexibility index (Phi) is 4.56. The van der Waals surface area contributed by atoms with Gasteiger partial charge in [0.05, 0.1) is 6.20 Å².